The van der Waals surface area contributed by atoms with E-state index in [1.54, 1.807) is 33.5 Å². The number of hydrogen-bond acceptors (Lipinski definition) is 6. The summed E-state index contributed by atoms with van der Waals surface area (Å²) in [6.45, 7) is 0. The molecule has 24 heavy (non-hydrogen) atoms. The van der Waals surface area contributed by atoms with Crippen LogP contribution in [0.25, 0.3) is 11.5 Å². The minimum absolute atomic E-state index is 0.132. The molecule has 0 aliphatic carbocycles. The number of aromatic nitrogens is 3. The summed E-state index contributed by atoms with van der Waals surface area (Å²) in [5.74, 6) is 2.15. The van der Waals surface area contributed by atoms with Crippen molar-refractivity contribution in [3.8, 4) is 23.0 Å². The first kappa shape index (κ1) is 15.8. The van der Waals surface area contributed by atoms with Gasteiger partial charge in [-0.3, -0.25) is 4.79 Å². The van der Waals surface area contributed by atoms with E-state index in [0.29, 0.717) is 35.2 Å². The predicted molar refractivity (Wildman–Crippen MR) is 87.3 cm³/mol. The van der Waals surface area contributed by atoms with Crippen LogP contribution in [0.4, 0.5) is 0 Å². The van der Waals surface area contributed by atoms with E-state index in [9.17, 15) is 4.79 Å². The normalized spacial score (nSPS) is 10.6. The number of aryl methyl sites for hydroxylation is 1. The number of rotatable bonds is 5. The van der Waals surface area contributed by atoms with Crippen molar-refractivity contribution in [3.63, 3.8) is 0 Å². The molecule has 7 heteroatoms. The molecule has 0 radical (unpaired) electrons. The zero-order valence-electron chi connectivity index (χ0n) is 13.6. The molecule has 2 heterocycles. The molecule has 124 valence electrons. The van der Waals surface area contributed by atoms with Crippen molar-refractivity contribution in [2.75, 3.05) is 14.2 Å². The second-order valence-corrected chi connectivity index (χ2v) is 5.25. The van der Waals surface area contributed by atoms with Crippen molar-refractivity contribution >= 4 is 0 Å². The van der Waals surface area contributed by atoms with E-state index in [1.165, 1.54) is 10.6 Å². The zero-order chi connectivity index (χ0) is 17.1. The van der Waals surface area contributed by atoms with Crippen LogP contribution in [0.15, 0.2) is 45.8 Å². The monoisotopic (exact) mass is 327 g/mol. The molecule has 0 amide bonds. The smallest absolute Gasteiger partial charge is 0.258 e. The predicted octanol–water partition coefficient (Wildman–Crippen LogP) is 2.04. The van der Waals surface area contributed by atoms with Gasteiger partial charge in [0.15, 0.2) is 17.3 Å². The summed E-state index contributed by atoms with van der Waals surface area (Å²) >= 11 is 0. The zero-order valence-corrected chi connectivity index (χ0v) is 13.6. The fourth-order valence-electron chi connectivity index (χ4n) is 2.30. The van der Waals surface area contributed by atoms with Crippen LogP contribution >= 0.6 is 0 Å². The molecule has 7 nitrogen and oxygen atoms in total. The summed E-state index contributed by atoms with van der Waals surface area (Å²) in [5, 5.41) is 3.97. The Morgan fingerprint density at radius 3 is 2.62 bits per heavy atom. The molecule has 0 spiro atoms. The van der Waals surface area contributed by atoms with Gasteiger partial charge in [0.25, 0.3) is 11.4 Å². The van der Waals surface area contributed by atoms with E-state index in [0.717, 1.165) is 5.56 Å². The summed E-state index contributed by atoms with van der Waals surface area (Å²) in [6, 6.07) is 8.83. The minimum atomic E-state index is -0.132. The third kappa shape index (κ3) is 3.15. The van der Waals surface area contributed by atoms with Crippen molar-refractivity contribution in [1.82, 2.24) is 14.7 Å². The second kappa shape index (κ2) is 6.57. The van der Waals surface area contributed by atoms with Crippen LogP contribution in [0.5, 0.6) is 11.5 Å². The van der Waals surface area contributed by atoms with Crippen molar-refractivity contribution in [2.45, 2.75) is 6.42 Å². The van der Waals surface area contributed by atoms with Crippen LogP contribution in [0.1, 0.15) is 11.4 Å². The Morgan fingerprint density at radius 1 is 1.12 bits per heavy atom. The van der Waals surface area contributed by atoms with Crippen molar-refractivity contribution < 1.29 is 14.0 Å². The molecule has 0 aliphatic rings. The Labute approximate surface area is 138 Å². The molecule has 0 N–H and O–H groups in total. The van der Waals surface area contributed by atoms with Gasteiger partial charge in [0.05, 0.1) is 14.2 Å². The van der Waals surface area contributed by atoms with Crippen LogP contribution in [0.3, 0.4) is 0 Å². The Morgan fingerprint density at radius 2 is 1.92 bits per heavy atom. The van der Waals surface area contributed by atoms with Crippen molar-refractivity contribution in [2.24, 2.45) is 7.05 Å². The van der Waals surface area contributed by atoms with E-state index in [-0.39, 0.29) is 5.56 Å². The average molecular weight is 327 g/mol. The molecule has 0 saturated carbocycles. The number of methoxy groups -OCH3 is 2. The van der Waals surface area contributed by atoms with Gasteiger partial charge < -0.3 is 18.6 Å². The molecule has 0 fully saturated rings. The minimum Gasteiger partial charge on any atom is -0.493 e. The van der Waals surface area contributed by atoms with Gasteiger partial charge in [0, 0.05) is 31.3 Å². The first-order valence-electron chi connectivity index (χ1n) is 7.31. The number of benzene rings is 1. The van der Waals surface area contributed by atoms with Gasteiger partial charge in [-0.2, -0.15) is 4.98 Å². The summed E-state index contributed by atoms with van der Waals surface area (Å²) in [4.78, 5) is 16.0. The van der Waals surface area contributed by atoms with Crippen LogP contribution in [0, 0.1) is 0 Å². The van der Waals surface area contributed by atoms with Crippen LogP contribution < -0.4 is 15.0 Å². The molecule has 0 bridgehead atoms. The van der Waals surface area contributed by atoms with Gasteiger partial charge in [-0.15, -0.1) is 0 Å². The molecular formula is C17H17N3O4. The van der Waals surface area contributed by atoms with Crippen LogP contribution in [-0.4, -0.2) is 28.9 Å². The fraction of sp³-hybridized carbons (Fsp3) is 0.235. The van der Waals surface area contributed by atoms with Gasteiger partial charge in [-0.25, -0.2) is 0 Å². The Balaban J connectivity index is 1.83. The SMILES string of the molecule is COc1ccc(Cc2noc(-c3ccn(C)c(=O)c3)n2)cc1OC. The first-order chi connectivity index (χ1) is 11.6. The molecular weight excluding hydrogens is 310 g/mol. The van der Waals surface area contributed by atoms with E-state index < -0.39 is 0 Å². The molecule has 3 aromatic rings. The lowest BCUT2D eigenvalue weighted by Gasteiger charge is -2.08. The number of pyridine rings is 1. The lowest BCUT2D eigenvalue weighted by Crippen LogP contribution is -2.14. The number of hydrogen-bond donors (Lipinski definition) is 0. The maximum absolute atomic E-state index is 11.7. The average Bonchev–Trinajstić information content (AvgIpc) is 3.05. The Kier molecular flexibility index (Phi) is 4.33. The van der Waals surface area contributed by atoms with Gasteiger partial charge in [0.2, 0.25) is 0 Å². The highest BCUT2D eigenvalue weighted by Crippen LogP contribution is 2.28. The van der Waals surface area contributed by atoms with Gasteiger partial charge >= 0.3 is 0 Å². The molecule has 1 aromatic carbocycles. The Hall–Kier alpha value is -3.09. The summed E-state index contributed by atoms with van der Waals surface area (Å²) < 4.78 is 17.2. The lowest BCUT2D eigenvalue weighted by atomic mass is 10.1. The van der Waals surface area contributed by atoms with E-state index in [4.69, 9.17) is 14.0 Å². The molecule has 2 aromatic heterocycles. The maximum Gasteiger partial charge on any atom is 0.258 e. The summed E-state index contributed by atoms with van der Waals surface area (Å²) in [5.41, 5.74) is 1.43. The number of ether oxygens (including phenoxy) is 2. The lowest BCUT2D eigenvalue weighted by molar-refractivity contribution is 0.354. The number of nitrogens with zero attached hydrogens (tertiary/aromatic N) is 3. The molecule has 0 saturated heterocycles. The van der Waals surface area contributed by atoms with Crippen LogP contribution in [-0.2, 0) is 13.5 Å². The second-order valence-electron chi connectivity index (χ2n) is 5.25. The van der Waals surface area contributed by atoms with Crippen LogP contribution in [0.2, 0.25) is 0 Å². The topological polar surface area (TPSA) is 79.4 Å². The summed E-state index contributed by atoms with van der Waals surface area (Å²) in [6.07, 6.45) is 2.14. The molecule has 0 aliphatic heterocycles. The molecule has 0 atom stereocenters. The van der Waals surface area contributed by atoms with Crippen molar-refractivity contribution in [3.05, 3.63) is 58.3 Å². The molecule has 3 rings (SSSR count). The van der Waals surface area contributed by atoms with E-state index in [2.05, 4.69) is 10.1 Å². The third-order valence-electron chi connectivity index (χ3n) is 3.63. The fourth-order valence-corrected chi connectivity index (χ4v) is 2.30. The maximum atomic E-state index is 11.7. The largest absolute Gasteiger partial charge is 0.493 e. The third-order valence-corrected chi connectivity index (χ3v) is 3.63. The summed E-state index contributed by atoms with van der Waals surface area (Å²) in [7, 11) is 4.86. The highest BCUT2D eigenvalue weighted by Gasteiger charge is 2.12. The molecule has 0 unspecified atom stereocenters. The standard InChI is InChI=1S/C17H17N3O4/c1-20-7-6-12(10-16(20)21)17-18-15(19-24-17)9-11-4-5-13(22-2)14(8-11)23-3/h4-8,10H,9H2,1-3H3. The Bertz CT molecular complexity index is 914. The van der Waals surface area contributed by atoms with E-state index in [1.807, 2.05) is 18.2 Å². The van der Waals surface area contributed by atoms with E-state index >= 15 is 0 Å². The highest BCUT2D eigenvalue weighted by molar-refractivity contribution is 5.51. The quantitative estimate of drug-likeness (QED) is 0.713. The van der Waals surface area contributed by atoms with Crippen molar-refractivity contribution in [1.29, 1.82) is 0 Å². The van der Waals surface area contributed by atoms with Gasteiger partial charge in [-0.1, -0.05) is 11.2 Å². The highest BCUT2D eigenvalue weighted by atomic mass is 16.5. The first-order valence-corrected chi connectivity index (χ1v) is 7.31. The van der Waals surface area contributed by atoms with Gasteiger partial charge in [0.1, 0.15) is 0 Å². The van der Waals surface area contributed by atoms with Gasteiger partial charge in [-0.05, 0) is 23.8 Å².